The average Bonchev–Trinajstić information content (AvgIpc) is 2.85. The Kier molecular flexibility index (Phi) is 27.7. The second kappa shape index (κ2) is 28.5. The zero-order chi connectivity index (χ0) is 26.5. The zero-order valence-electron chi connectivity index (χ0n) is 24.3. The molecule has 1 N–H and O–H groups in total. The number of hydrogen-bond acceptors (Lipinski definition) is 3. The standard InChI is InChI=1S/C32H62O4/c1-3-5-7-9-10-11-12-13-14-15-16-21-25-29-32(35)36-30(26-22-18-8-6-4-2)27-23-19-17-20-24-28-31(33)34/h30H,3-29H2,1-2H3,(H,33,34). The van der Waals surface area contributed by atoms with Crippen LogP contribution in [0.15, 0.2) is 0 Å². The molecule has 1 unspecified atom stereocenters. The van der Waals surface area contributed by atoms with Gasteiger partial charge in [0.1, 0.15) is 6.10 Å². The Morgan fingerprint density at radius 2 is 0.833 bits per heavy atom. The molecule has 0 aliphatic rings. The molecule has 36 heavy (non-hydrogen) atoms. The van der Waals surface area contributed by atoms with Gasteiger partial charge in [-0.25, -0.2) is 0 Å². The fourth-order valence-electron chi connectivity index (χ4n) is 4.95. The van der Waals surface area contributed by atoms with Gasteiger partial charge < -0.3 is 9.84 Å². The highest BCUT2D eigenvalue weighted by Crippen LogP contribution is 2.18. The van der Waals surface area contributed by atoms with E-state index in [0.717, 1.165) is 64.2 Å². The first-order valence-corrected chi connectivity index (χ1v) is 16.0. The van der Waals surface area contributed by atoms with Gasteiger partial charge in [0.15, 0.2) is 0 Å². The molecule has 0 aromatic heterocycles. The summed E-state index contributed by atoms with van der Waals surface area (Å²) in [5.41, 5.74) is 0. The van der Waals surface area contributed by atoms with Gasteiger partial charge in [-0.15, -0.1) is 0 Å². The molecule has 0 aromatic rings. The third-order valence-corrected chi connectivity index (χ3v) is 7.33. The summed E-state index contributed by atoms with van der Waals surface area (Å²) in [4.78, 5) is 23.1. The predicted molar refractivity (Wildman–Crippen MR) is 154 cm³/mol. The average molecular weight is 511 g/mol. The number of unbranched alkanes of at least 4 members (excludes halogenated alkanes) is 20. The minimum Gasteiger partial charge on any atom is -0.481 e. The molecule has 0 aliphatic carbocycles. The Bertz CT molecular complexity index is 477. The molecule has 0 saturated carbocycles. The Balaban J connectivity index is 3.86. The molecule has 0 heterocycles. The minimum absolute atomic E-state index is 0.00177. The van der Waals surface area contributed by atoms with E-state index in [1.165, 1.54) is 96.3 Å². The van der Waals surface area contributed by atoms with Crippen molar-refractivity contribution in [3.63, 3.8) is 0 Å². The van der Waals surface area contributed by atoms with Crippen LogP contribution in [0.1, 0.15) is 187 Å². The van der Waals surface area contributed by atoms with Crippen molar-refractivity contribution in [2.24, 2.45) is 0 Å². The fraction of sp³-hybridized carbons (Fsp3) is 0.938. The van der Waals surface area contributed by atoms with Gasteiger partial charge in [-0.05, 0) is 38.5 Å². The topological polar surface area (TPSA) is 63.6 Å². The molecular formula is C32H62O4. The summed E-state index contributed by atoms with van der Waals surface area (Å²) in [5, 5.41) is 8.73. The first kappa shape index (κ1) is 34.9. The molecule has 0 aromatic carbocycles. The van der Waals surface area contributed by atoms with E-state index in [-0.39, 0.29) is 18.5 Å². The SMILES string of the molecule is CCCCCCCCCCCCCCCC(=O)OC(CCCCCCC)CCCCCCCC(=O)O. The third-order valence-electron chi connectivity index (χ3n) is 7.33. The lowest BCUT2D eigenvalue weighted by Crippen LogP contribution is -2.18. The van der Waals surface area contributed by atoms with Crippen LogP contribution in [0.2, 0.25) is 0 Å². The summed E-state index contributed by atoms with van der Waals surface area (Å²) in [6.45, 7) is 4.51. The maximum absolute atomic E-state index is 12.5. The summed E-state index contributed by atoms with van der Waals surface area (Å²) < 4.78 is 5.91. The molecule has 4 nitrogen and oxygen atoms in total. The van der Waals surface area contributed by atoms with Crippen molar-refractivity contribution in [1.82, 2.24) is 0 Å². The van der Waals surface area contributed by atoms with E-state index in [4.69, 9.17) is 9.84 Å². The number of carboxylic acids is 1. The van der Waals surface area contributed by atoms with Crippen molar-refractivity contribution in [3.8, 4) is 0 Å². The first-order valence-electron chi connectivity index (χ1n) is 16.0. The number of carboxylic acid groups (broad SMARTS) is 1. The smallest absolute Gasteiger partial charge is 0.306 e. The van der Waals surface area contributed by atoms with Crippen LogP contribution >= 0.6 is 0 Å². The summed E-state index contributed by atoms with van der Waals surface area (Å²) in [6.07, 6.45) is 31.2. The lowest BCUT2D eigenvalue weighted by molar-refractivity contribution is -0.150. The maximum Gasteiger partial charge on any atom is 0.306 e. The summed E-state index contributed by atoms with van der Waals surface area (Å²) in [6, 6.07) is 0. The Morgan fingerprint density at radius 1 is 0.500 bits per heavy atom. The van der Waals surface area contributed by atoms with Crippen LogP contribution in [0.5, 0.6) is 0 Å². The van der Waals surface area contributed by atoms with E-state index in [1.54, 1.807) is 0 Å². The number of esters is 1. The zero-order valence-corrected chi connectivity index (χ0v) is 24.3. The van der Waals surface area contributed by atoms with E-state index in [2.05, 4.69) is 13.8 Å². The maximum atomic E-state index is 12.5. The summed E-state index contributed by atoms with van der Waals surface area (Å²) in [7, 11) is 0. The van der Waals surface area contributed by atoms with Gasteiger partial charge in [-0.2, -0.15) is 0 Å². The number of carbonyl (C=O) groups is 2. The molecule has 0 amide bonds. The molecule has 214 valence electrons. The van der Waals surface area contributed by atoms with Crippen molar-refractivity contribution < 1.29 is 19.4 Å². The Hall–Kier alpha value is -1.06. The minimum atomic E-state index is -0.700. The lowest BCUT2D eigenvalue weighted by Gasteiger charge is -2.18. The third kappa shape index (κ3) is 27.5. The molecule has 0 saturated heterocycles. The van der Waals surface area contributed by atoms with Crippen LogP contribution in [0.25, 0.3) is 0 Å². The molecule has 0 radical (unpaired) electrons. The number of rotatable bonds is 29. The van der Waals surface area contributed by atoms with Gasteiger partial charge in [-0.3, -0.25) is 9.59 Å². The Morgan fingerprint density at radius 3 is 1.22 bits per heavy atom. The van der Waals surface area contributed by atoms with E-state index in [9.17, 15) is 9.59 Å². The highest BCUT2D eigenvalue weighted by atomic mass is 16.5. The summed E-state index contributed by atoms with van der Waals surface area (Å²) in [5.74, 6) is -0.702. The van der Waals surface area contributed by atoms with Crippen LogP contribution in [-0.2, 0) is 14.3 Å². The van der Waals surface area contributed by atoms with Gasteiger partial charge in [0.2, 0.25) is 0 Å². The van der Waals surface area contributed by atoms with E-state index in [1.807, 2.05) is 0 Å². The van der Waals surface area contributed by atoms with Gasteiger partial charge >= 0.3 is 11.9 Å². The van der Waals surface area contributed by atoms with Crippen molar-refractivity contribution in [3.05, 3.63) is 0 Å². The van der Waals surface area contributed by atoms with Crippen LogP contribution in [0, 0.1) is 0 Å². The number of hydrogen-bond donors (Lipinski definition) is 1. The van der Waals surface area contributed by atoms with Crippen LogP contribution in [0.3, 0.4) is 0 Å². The predicted octanol–water partition coefficient (Wildman–Crippen LogP) is 10.6. The van der Waals surface area contributed by atoms with Gasteiger partial charge in [-0.1, -0.05) is 136 Å². The van der Waals surface area contributed by atoms with Gasteiger partial charge in [0.05, 0.1) is 0 Å². The largest absolute Gasteiger partial charge is 0.481 e. The van der Waals surface area contributed by atoms with E-state index in [0.29, 0.717) is 6.42 Å². The number of ether oxygens (including phenoxy) is 1. The Labute approximate surface area is 224 Å². The molecule has 0 bridgehead atoms. The monoisotopic (exact) mass is 510 g/mol. The van der Waals surface area contributed by atoms with Crippen LogP contribution < -0.4 is 0 Å². The molecule has 0 rings (SSSR count). The molecule has 4 heteroatoms. The molecule has 0 spiro atoms. The van der Waals surface area contributed by atoms with Crippen LogP contribution in [-0.4, -0.2) is 23.1 Å². The molecule has 0 aliphatic heterocycles. The molecule has 1 atom stereocenters. The quantitative estimate of drug-likeness (QED) is 0.0802. The highest BCUT2D eigenvalue weighted by molar-refractivity contribution is 5.69. The lowest BCUT2D eigenvalue weighted by atomic mass is 10.0. The number of aliphatic carboxylic acids is 1. The van der Waals surface area contributed by atoms with Gasteiger partial charge in [0, 0.05) is 12.8 Å². The van der Waals surface area contributed by atoms with E-state index < -0.39 is 5.97 Å². The van der Waals surface area contributed by atoms with Crippen LogP contribution in [0.4, 0.5) is 0 Å². The molecule has 0 fully saturated rings. The van der Waals surface area contributed by atoms with Crippen molar-refractivity contribution in [2.45, 2.75) is 193 Å². The van der Waals surface area contributed by atoms with E-state index >= 15 is 0 Å². The molecular weight excluding hydrogens is 448 g/mol. The second-order valence-electron chi connectivity index (χ2n) is 11.0. The summed E-state index contributed by atoms with van der Waals surface area (Å²) >= 11 is 0. The number of carbonyl (C=O) groups excluding carboxylic acids is 1. The van der Waals surface area contributed by atoms with Crippen molar-refractivity contribution in [2.75, 3.05) is 0 Å². The van der Waals surface area contributed by atoms with Crippen molar-refractivity contribution >= 4 is 11.9 Å². The van der Waals surface area contributed by atoms with Crippen molar-refractivity contribution in [1.29, 1.82) is 0 Å². The first-order chi connectivity index (χ1) is 17.6. The normalized spacial score (nSPS) is 12.1. The fourth-order valence-corrected chi connectivity index (χ4v) is 4.95. The second-order valence-corrected chi connectivity index (χ2v) is 11.0. The highest BCUT2D eigenvalue weighted by Gasteiger charge is 2.14. The van der Waals surface area contributed by atoms with Gasteiger partial charge in [0.25, 0.3) is 0 Å².